The fourth-order valence-electron chi connectivity index (χ4n) is 2.11. The molecule has 1 saturated heterocycles. The van der Waals surface area contributed by atoms with E-state index in [9.17, 15) is 4.21 Å². The molecule has 1 heterocycles. The molecule has 0 aromatic heterocycles. The summed E-state index contributed by atoms with van der Waals surface area (Å²) in [6.07, 6.45) is 2.71. The van der Waals surface area contributed by atoms with Gasteiger partial charge in [0.15, 0.2) is 0 Å². The van der Waals surface area contributed by atoms with E-state index < -0.39 is 0 Å². The molecule has 0 spiro atoms. The zero-order valence-electron chi connectivity index (χ0n) is 9.84. The molecule has 0 radical (unpaired) electrons. The molecule has 4 heteroatoms. The van der Waals surface area contributed by atoms with Gasteiger partial charge in [0.05, 0.1) is 4.99 Å². The molecule has 0 aliphatic carbocycles. The Labute approximate surface area is 106 Å². The first-order chi connectivity index (χ1) is 8.29. The molecular weight excluding hydrogens is 232 g/mol. The van der Waals surface area contributed by atoms with Crippen LogP contribution in [0.25, 0.3) is 0 Å². The van der Waals surface area contributed by atoms with Gasteiger partial charge in [-0.15, -0.1) is 0 Å². The van der Waals surface area contributed by atoms with E-state index in [-0.39, 0.29) is 0 Å². The summed E-state index contributed by atoms with van der Waals surface area (Å²) in [5.41, 5.74) is 7.07. The lowest BCUT2D eigenvalue weighted by Crippen LogP contribution is -2.43. The first-order valence-corrected chi connectivity index (χ1v) is 6.74. The van der Waals surface area contributed by atoms with Crippen LogP contribution in [0.5, 0.6) is 0 Å². The molecule has 1 fully saturated rings. The van der Waals surface area contributed by atoms with Gasteiger partial charge in [0, 0.05) is 25.6 Å². The van der Waals surface area contributed by atoms with Gasteiger partial charge in [-0.2, -0.15) is 0 Å². The lowest BCUT2D eigenvalue weighted by molar-refractivity contribution is 0.314. The summed E-state index contributed by atoms with van der Waals surface area (Å²) in [7, 11) is 0. The third-order valence-electron chi connectivity index (χ3n) is 3.19. The van der Waals surface area contributed by atoms with Crippen LogP contribution in [0.3, 0.4) is 0 Å². The third-order valence-corrected chi connectivity index (χ3v) is 3.78. The summed E-state index contributed by atoms with van der Waals surface area (Å²) in [6, 6.07) is 10.4. The van der Waals surface area contributed by atoms with Gasteiger partial charge in [0.1, 0.15) is 11.3 Å². The predicted octanol–water partition coefficient (Wildman–Crippen LogP) is 0.995. The second-order valence-corrected chi connectivity index (χ2v) is 5.10. The van der Waals surface area contributed by atoms with Crippen LogP contribution < -0.4 is 5.73 Å². The zero-order valence-corrected chi connectivity index (χ0v) is 10.7. The van der Waals surface area contributed by atoms with E-state index in [0.717, 1.165) is 37.3 Å². The number of piperidine rings is 1. The standard InChI is InChI=1S/C13H18N2OS/c14-12-6-8-15(9-7-12)13(17-16)10-11-4-2-1-3-5-11/h1-5,12H,6-10,14H2. The first-order valence-electron chi connectivity index (χ1n) is 5.99. The lowest BCUT2D eigenvalue weighted by Gasteiger charge is -2.30. The number of hydrogen-bond acceptors (Lipinski definition) is 2. The van der Waals surface area contributed by atoms with Crippen molar-refractivity contribution in [3.05, 3.63) is 35.9 Å². The average molecular weight is 250 g/mol. The third kappa shape index (κ3) is 3.49. The zero-order chi connectivity index (χ0) is 12.1. The van der Waals surface area contributed by atoms with Crippen molar-refractivity contribution in [1.29, 1.82) is 0 Å². The highest BCUT2D eigenvalue weighted by Gasteiger charge is 2.19. The molecule has 1 aromatic carbocycles. The topological polar surface area (TPSA) is 46.3 Å². The maximum atomic E-state index is 11.2. The van der Waals surface area contributed by atoms with E-state index in [1.54, 1.807) is 0 Å². The molecular formula is C13H18N2OS. The maximum absolute atomic E-state index is 11.2. The minimum Gasteiger partial charge on any atom is -0.328 e. The van der Waals surface area contributed by atoms with Crippen LogP contribution in [0.1, 0.15) is 18.4 Å². The van der Waals surface area contributed by atoms with Crippen LogP contribution in [0.4, 0.5) is 0 Å². The van der Waals surface area contributed by atoms with Crippen molar-refractivity contribution in [2.45, 2.75) is 25.3 Å². The SMILES string of the molecule is NC1CCN(C(Cc2ccccc2)=S=O)CC1. The van der Waals surface area contributed by atoms with Crippen molar-refractivity contribution in [1.82, 2.24) is 4.90 Å². The largest absolute Gasteiger partial charge is 0.328 e. The molecule has 92 valence electrons. The second-order valence-electron chi connectivity index (χ2n) is 4.46. The summed E-state index contributed by atoms with van der Waals surface area (Å²) in [6.45, 7) is 1.83. The summed E-state index contributed by atoms with van der Waals surface area (Å²) in [5.74, 6) is 0. The van der Waals surface area contributed by atoms with E-state index in [0.29, 0.717) is 17.3 Å². The minimum absolute atomic E-state index is 0.306. The van der Waals surface area contributed by atoms with Crippen molar-refractivity contribution in [2.24, 2.45) is 5.73 Å². The van der Waals surface area contributed by atoms with Crippen LogP contribution in [0, 0.1) is 0 Å². The molecule has 1 aromatic rings. The Balaban J connectivity index is 2.01. The highest BCUT2D eigenvalue weighted by molar-refractivity contribution is 7.66. The quantitative estimate of drug-likeness (QED) is 0.796. The maximum Gasteiger partial charge on any atom is 0.105 e. The lowest BCUT2D eigenvalue weighted by atomic mass is 10.1. The summed E-state index contributed by atoms with van der Waals surface area (Å²) in [4.78, 5) is 3.11. The van der Waals surface area contributed by atoms with Crippen LogP contribution in [-0.2, 0) is 17.7 Å². The molecule has 2 N–H and O–H groups in total. The fourth-order valence-corrected chi connectivity index (χ4v) is 2.63. The Bertz CT molecular complexity index is 407. The summed E-state index contributed by atoms with van der Waals surface area (Å²) >= 11 is 0.624. The molecule has 0 unspecified atom stereocenters. The van der Waals surface area contributed by atoms with Gasteiger partial charge in [-0.3, -0.25) is 4.90 Å². The Morgan fingerprint density at radius 1 is 1.29 bits per heavy atom. The number of hydrogen-bond donors (Lipinski definition) is 1. The van der Waals surface area contributed by atoms with Gasteiger partial charge < -0.3 is 5.73 Å². The molecule has 17 heavy (non-hydrogen) atoms. The Morgan fingerprint density at radius 2 is 1.94 bits per heavy atom. The molecule has 0 saturated carbocycles. The minimum atomic E-state index is 0.306. The van der Waals surface area contributed by atoms with Crippen molar-refractivity contribution in [2.75, 3.05) is 13.1 Å². The van der Waals surface area contributed by atoms with Crippen molar-refractivity contribution >= 4 is 16.2 Å². The smallest absolute Gasteiger partial charge is 0.105 e. The van der Waals surface area contributed by atoms with Gasteiger partial charge in [-0.05, 0) is 18.4 Å². The van der Waals surface area contributed by atoms with E-state index in [4.69, 9.17) is 5.73 Å². The second kappa shape index (κ2) is 6.10. The Kier molecular flexibility index (Phi) is 4.48. The van der Waals surface area contributed by atoms with Crippen molar-refractivity contribution in [3.63, 3.8) is 0 Å². The van der Waals surface area contributed by atoms with Crippen molar-refractivity contribution < 1.29 is 4.21 Å². The van der Waals surface area contributed by atoms with Crippen LogP contribution >= 0.6 is 0 Å². The van der Waals surface area contributed by atoms with E-state index in [2.05, 4.69) is 17.0 Å². The monoisotopic (exact) mass is 250 g/mol. The molecule has 2 rings (SSSR count). The van der Waals surface area contributed by atoms with E-state index in [1.165, 1.54) is 5.56 Å². The average Bonchev–Trinajstić information content (AvgIpc) is 2.38. The number of rotatable bonds is 2. The van der Waals surface area contributed by atoms with Gasteiger partial charge in [-0.25, -0.2) is 4.21 Å². The van der Waals surface area contributed by atoms with Crippen LogP contribution in [-0.4, -0.2) is 33.2 Å². The number of nitrogens with zero attached hydrogens (tertiary/aromatic N) is 1. The van der Waals surface area contributed by atoms with Gasteiger partial charge in [0.25, 0.3) is 0 Å². The normalized spacial score (nSPS) is 17.9. The van der Waals surface area contributed by atoms with Gasteiger partial charge in [-0.1, -0.05) is 30.3 Å². The molecule has 0 bridgehead atoms. The predicted molar refractivity (Wildman–Crippen MR) is 72.1 cm³/mol. The van der Waals surface area contributed by atoms with Crippen molar-refractivity contribution in [3.8, 4) is 0 Å². The van der Waals surface area contributed by atoms with Gasteiger partial charge in [0.2, 0.25) is 0 Å². The molecule has 0 atom stereocenters. The summed E-state index contributed by atoms with van der Waals surface area (Å²) < 4.78 is 11.2. The summed E-state index contributed by atoms with van der Waals surface area (Å²) in [5, 5.41) is 0. The number of nitrogens with two attached hydrogens (primary N) is 1. The Hall–Kier alpha value is -0.970. The highest BCUT2D eigenvalue weighted by atomic mass is 32.1. The van der Waals surface area contributed by atoms with E-state index >= 15 is 0 Å². The number of benzene rings is 1. The number of likely N-dealkylation sites (tertiary alicyclic amines) is 1. The van der Waals surface area contributed by atoms with Gasteiger partial charge >= 0.3 is 0 Å². The van der Waals surface area contributed by atoms with E-state index in [1.807, 2.05) is 18.2 Å². The molecule has 0 amide bonds. The highest BCUT2D eigenvalue weighted by Crippen LogP contribution is 2.11. The first kappa shape index (κ1) is 12.5. The Morgan fingerprint density at radius 3 is 2.53 bits per heavy atom. The fraction of sp³-hybridized carbons (Fsp3) is 0.462. The van der Waals surface area contributed by atoms with Crippen LogP contribution in [0.15, 0.2) is 30.3 Å². The van der Waals surface area contributed by atoms with Crippen LogP contribution in [0.2, 0.25) is 0 Å². The molecule has 1 aliphatic heterocycles. The molecule has 1 aliphatic rings. The molecule has 3 nitrogen and oxygen atoms in total.